The smallest absolute Gasteiger partial charge is 0.253 e. The molecule has 4 saturated heterocycles. The number of fused-ring (bicyclic) bond motifs is 3. The van der Waals surface area contributed by atoms with Crippen LogP contribution < -0.4 is 16.0 Å². The van der Waals surface area contributed by atoms with Crippen molar-refractivity contribution in [3.8, 4) is 11.1 Å². The number of hydrogen-bond donors (Lipinski definition) is 2. The third-order valence-corrected chi connectivity index (χ3v) is 16.6. The van der Waals surface area contributed by atoms with Gasteiger partial charge >= 0.3 is 0 Å². The van der Waals surface area contributed by atoms with E-state index in [1.165, 1.54) is 16.8 Å². The number of piperidine rings is 3. The highest BCUT2D eigenvalue weighted by molar-refractivity contribution is 6.15. The molecule has 6 aliphatic rings. The van der Waals surface area contributed by atoms with Gasteiger partial charge in [-0.25, -0.2) is 9.97 Å². The van der Waals surface area contributed by atoms with Crippen molar-refractivity contribution in [2.75, 3.05) is 63.0 Å². The number of carbonyl (C=O) groups excluding carboxylic acids is 4. The Kier molecular flexibility index (Phi) is 11.7. The molecule has 5 fully saturated rings. The first kappa shape index (κ1) is 44.5. The van der Waals surface area contributed by atoms with Crippen molar-refractivity contribution in [2.45, 2.75) is 101 Å². The number of likely N-dealkylation sites (tertiary alicyclic amines) is 2. The van der Waals surface area contributed by atoms with Gasteiger partial charge < -0.3 is 15.2 Å². The number of aromatic nitrogens is 3. The lowest BCUT2D eigenvalue weighted by Crippen LogP contribution is -2.54. The molecule has 2 aromatic carbocycles. The van der Waals surface area contributed by atoms with Crippen LogP contribution in [0.4, 0.5) is 11.5 Å². The van der Waals surface area contributed by atoms with Crippen LogP contribution in [0, 0.1) is 5.92 Å². The number of anilines is 2. The Balaban J connectivity index is 0.636. The molecule has 3 aromatic heterocycles. The minimum Gasteiger partial charge on any atom is -0.384 e. The Morgan fingerprint density at radius 3 is 2.37 bits per heavy atom. The first-order valence-electron chi connectivity index (χ1n) is 25.0. The van der Waals surface area contributed by atoms with Gasteiger partial charge in [-0.3, -0.25) is 44.1 Å². The van der Waals surface area contributed by atoms with Crippen molar-refractivity contribution >= 4 is 46.2 Å². The van der Waals surface area contributed by atoms with Gasteiger partial charge in [-0.2, -0.15) is 0 Å². The Bertz CT molecular complexity index is 2750. The summed E-state index contributed by atoms with van der Waals surface area (Å²) in [5.74, 6) is 1.08. The predicted molar refractivity (Wildman–Crippen MR) is 263 cm³/mol. The fourth-order valence-electron chi connectivity index (χ4n) is 12.3. The van der Waals surface area contributed by atoms with E-state index in [-0.39, 0.29) is 36.1 Å². The minimum absolute atomic E-state index is 0.0144. The second kappa shape index (κ2) is 17.8. The third-order valence-electron chi connectivity index (χ3n) is 16.6. The number of pyridine rings is 2. The SMILES string of the molecule is C[C@H]1CN(Cc2ccc3c(c2)C2(CC2)C(=O)N3C2CCC(=O)NC2=O)CCN1CC1CCN(C(=O)c2ccc(C3CCN([C@@H](C)c4cc5c(-c6ccc(N)nc6)ccnc5n4C)CC3)cc2)CC1. The molecule has 8 heterocycles. The van der Waals surface area contributed by atoms with Crippen LogP contribution in [0.25, 0.3) is 22.2 Å². The zero-order valence-electron chi connectivity index (χ0n) is 39.7. The lowest BCUT2D eigenvalue weighted by atomic mass is 9.88. The number of nitrogen functional groups attached to an aromatic ring is 1. The Hall–Kier alpha value is -5.96. The van der Waals surface area contributed by atoms with Gasteiger partial charge in [-0.1, -0.05) is 24.3 Å². The normalized spacial score (nSPS) is 23.4. The molecule has 14 heteroatoms. The van der Waals surface area contributed by atoms with Crippen molar-refractivity contribution in [2.24, 2.45) is 13.0 Å². The average molecular weight is 917 g/mol. The van der Waals surface area contributed by atoms with Gasteiger partial charge in [0.1, 0.15) is 17.5 Å². The summed E-state index contributed by atoms with van der Waals surface area (Å²) < 4.78 is 2.23. The summed E-state index contributed by atoms with van der Waals surface area (Å²) in [4.78, 5) is 72.6. The molecule has 14 nitrogen and oxygen atoms in total. The van der Waals surface area contributed by atoms with Crippen LogP contribution in [0.3, 0.4) is 0 Å². The van der Waals surface area contributed by atoms with Crippen molar-refractivity contribution < 1.29 is 19.2 Å². The van der Waals surface area contributed by atoms with Crippen molar-refractivity contribution in [3.63, 3.8) is 0 Å². The molecule has 5 aromatic rings. The van der Waals surface area contributed by atoms with Gasteiger partial charge in [0, 0.05) is 112 Å². The number of amides is 4. The van der Waals surface area contributed by atoms with Crippen molar-refractivity contribution in [1.29, 1.82) is 0 Å². The molecule has 5 aliphatic heterocycles. The lowest BCUT2D eigenvalue weighted by Gasteiger charge is -2.42. The van der Waals surface area contributed by atoms with Crippen LogP contribution in [0.15, 0.2) is 79.1 Å². The molecule has 354 valence electrons. The third kappa shape index (κ3) is 8.17. The van der Waals surface area contributed by atoms with E-state index in [1.807, 2.05) is 30.6 Å². The summed E-state index contributed by atoms with van der Waals surface area (Å²) in [7, 11) is 2.12. The van der Waals surface area contributed by atoms with E-state index >= 15 is 0 Å². The molecule has 3 N–H and O–H groups in total. The summed E-state index contributed by atoms with van der Waals surface area (Å²) in [5, 5.41) is 3.56. The summed E-state index contributed by atoms with van der Waals surface area (Å²) in [5.41, 5.74) is 14.9. The molecular formula is C54H64N10O4. The number of hydrogen-bond acceptors (Lipinski definition) is 10. The van der Waals surface area contributed by atoms with Crippen LogP contribution in [0.2, 0.25) is 0 Å². The Morgan fingerprint density at radius 1 is 0.882 bits per heavy atom. The topological polar surface area (TPSA) is 153 Å². The van der Waals surface area contributed by atoms with Crippen molar-refractivity contribution in [3.05, 3.63) is 107 Å². The molecule has 1 spiro atoms. The molecule has 0 bridgehead atoms. The maximum Gasteiger partial charge on any atom is 0.253 e. The maximum absolute atomic E-state index is 13.8. The standard InChI is InChI=1S/C54H64N10O4/c1-34-31-60(32-37-4-10-45-44(28-37)54(19-20-54)53(68)64(45)46-11-13-49(65)58-51(46)66)26-27-63(34)33-36-15-22-62(23-16-36)52(67)40-7-5-38(6-8-40)39-17-24-61(25-18-39)35(2)47-29-43-42(14-21-56-50(43)59(47)3)41-9-12-48(55)57-30-41/h4-10,12,14,21,28-30,34-36,39,46H,11,13,15-20,22-27,31-33H2,1-3H3,(H2,55,57)(H,58,65,66)/t34-,35-,46?/m0/s1. The quantitative estimate of drug-likeness (QED) is 0.151. The van der Waals surface area contributed by atoms with Gasteiger partial charge in [0.25, 0.3) is 5.91 Å². The number of nitrogens with two attached hydrogens (primary N) is 1. The van der Waals surface area contributed by atoms with Gasteiger partial charge in [-0.15, -0.1) is 0 Å². The zero-order valence-corrected chi connectivity index (χ0v) is 39.7. The number of nitrogens with one attached hydrogen (secondary N) is 1. The highest BCUT2D eigenvalue weighted by atomic mass is 16.2. The van der Waals surface area contributed by atoms with E-state index in [0.29, 0.717) is 30.1 Å². The van der Waals surface area contributed by atoms with Gasteiger partial charge in [0.2, 0.25) is 17.7 Å². The molecule has 68 heavy (non-hydrogen) atoms. The number of carbonyl (C=O) groups is 4. The summed E-state index contributed by atoms with van der Waals surface area (Å²) in [6, 6.07) is 23.1. The van der Waals surface area contributed by atoms with Crippen LogP contribution in [0.1, 0.15) is 110 Å². The largest absolute Gasteiger partial charge is 0.384 e. The van der Waals surface area contributed by atoms with Crippen LogP contribution in [-0.2, 0) is 33.4 Å². The molecule has 1 saturated carbocycles. The first-order chi connectivity index (χ1) is 32.9. The first-order valence-corrected chi connectivity index (χ1v) is 25.0. The highest BCUT2D eigenvalue weighted by Crippen LogP contribution is 2.58. The number of piperazine rings is 1. The van der Waals surface area contributed by atoms with Crippen molar-refractivity contribution in [1.82, 2.24) is 39.5 Å². The van der Waals surface area contributed by atoms with Crippen LogP contribution >= 0.6 is 0 Å². The number of imide groups is 1. The van der Waals surface area contributed by atoms with Crippen LogP contribution in [-0.4, -0.2) is 122 Å². The van der Waals surface area contributed by atoms with E-state index in [1.54, 1.807) is 4.90 Å². The average Bonchev–Trinajstić information content (AvgIpc) is 4.05. The second-order valence-electron chi connectivity index (χ2n) is 20.7. The van der Waals surface area contributed by atoms with E-state index in [4.69, 9.17) is 10.7 Å². The molecule has 11 rings (SSSR count). The monoisotopic (exact) mass is 917 g/mol. The molecule has 3 atom stereocenters. The fraction of sp³-hybridized carbons (Fsp3) is 0.481. The molecule has 1 aliphatic carbocycles. The Labute approximate surface area is 398 Å². The van der Waals surface area contributed by atoms with Crippen LogP contribution in [0.5, 0.6) is 0 Å². The van der Waals surface area contributed by atoms with Gasteiger partial charge in [0.15, 0.2) is 0 Å². The summed E-state index contributed by atoms with van der Waals surface area (Å²) >= 11 is 0. The van der Waals surface area contributed by atoms with E-state index in [0.717, 1.165) is 136 Å². The summed E-state index contributed by atoms with van der Waals surface area (Å²) in [6.07, 6.45) is 10.1. The fourth-order valence-corrected chi connectivity index (χ4v) is 12.3. The zero-order chi connectivity index (χ0) is 46.8. The van der Waals surface area contributed by atoms with Gasteiger partial charge in [0.05, 0.1) is 5.41 Å². The molecular weight excluding hydrogens is 853 g/mol. The van der Waals surface area contributed by atoms with E-state index in [2.05, 4.69) is 104 Å². The lowest BCUT2D eigenvalue weighted by molar-refractivity contribution is -0.135. The molecule has 1 unspecified atom stereocenters. The molecule has 0 radical (unpaired) electrons. The second-order valence-corrected chi connectivity index (χ2v) is 20.7. The maximum atomic E-state index is 13.8. The van der Waals surface area contributed by atoms with E-state index < -0.39 is 11.5 Å². The highest BCUT2D eigenvalue weighted by Gasteiger charge is 2.61. The van der Waals surface area contributed by atoms with E-state index in [9.17, 15) is 19.2 Å². The molecule has 4 amide bonds. The number of benzene rings is 2. The predicted octanol–water partition coefficient (Wildman–Crippen LogP) is 6.40. The summed E-state index contributed by atoms with van der Waals surface area (Å²) in [6.45, 7) is 13.1. The number of nitrogens with zero attached hydrogens (tertiary/aromatic N) is 8. The minimum atomic E-state index is -0.627. The Morgan fingerprint density at radius 2 is 1.66 bits per heavy atom. The number of rotatable bonds is 10. The van der Waals surface area contributed by atoms with Gasteiger partial charge in [-0.05, 0) is 148 Å². The number of aryl methyl sites for hydroxylation is 1.